The minimum absolute atomic E-state index is 0.121. The minimum Gasteiger partial charge on any atom is -0.393 e. The highest BCUT2D eigenvalue weighted by atomic mass is 19.1. The molecule has 4 nitrogen and oxygen atoms in total. The summed E-state index contributed by atoms with van der Waals surface area (Å²) in [5, 5.41) is 16.9. The van der Waals surface area contributed by atoms with Gasteiger partial charge in [0.15, 0.2) is 0 Å². The minimum atomic E-state index is -0.367. The number of nitrogen functional groups attached to an aromatic ring is 1. The van der Waals surface area contributed by atoms with E-state index in [9.17, 15) is 9.50 Å². The number of aliphatic hydroxyl groups excluding tert-OH is 1. The van der Waals surface area contributed by atoms with Gasteiger partial charge >= 0.3 is 0 Å². The summed E-state index contributed by atoms with van der Waals surface area (Å²) in [5.41, 5.74) is 6.63. The Bertz CT molecular complexity index is 476. The Balaban J connectivity index is 2.06. The zero-order valence-electron chi connectivity index (χ0n) is 11.1. The topological polar surface area (TPSA) is 73.3 Å². The lowest BCUT2D eigenvalue weighted by Crippen LogP contribution is -2.24. The molecule has 1 fully saturated rings. The first-order chi connectivity index (χ1) is 8.95. The lowest BCUT2D eigenvalue weighted by atomic mass is 10.0. The average Bonchev–Trinajstić information content (AvgIpc) is 2.76. The Hall–Kier alpha value is -1.46. The van der Waals surface area contributed by atoms with Crippen molar-refractivity contribution in [1.29, 1.82) is 5.41 Å². The van der Waals surface area contributed by atoms with Crippen LogP contribution in [0.25, 0.3) is 0 Å². The molecule has 0 aliphatic carbocycles. The lowest BCUT2D eigenvalue weighted by molar-refractivity contribution is 0.127. The molecule has 0 bridgehead atoms. The summed E-state index contributed by atoms with van der Waals surface area (Å²) in [4.78, 5) is 2.19. The van der Waals surface area contributed by atoms with Crippen LogP contribution in [0.2, 0.25) is 0 Å². The van der Waals surface area contributed by atoms with Gasteiger partial charge in [0.25, 0.3) is 0 Å². The van der Waals surface area contributed by atoms with Crippen molar-refractivity contribution in [2.45, 2.75) is 26.0 Å². The van der Waals surface area contributed by atoms with E-state index in [-0.39, 0.29) is 17.8 Å². The molecule has 0 saturated carbocycles. The molecule has 1 saturated heterocycles. The summed E-state index contributed by atoms with van der Waals surface area (Å²) in [6.45, 7) is 4.16. The van der Waals surface area contributed by atoms with Gasteiger partial charge in [-0.05, 0) is 49.6 Å². The van der Waals surface area contributed by atoms with Crippen LogP contribution in [0, 0.1) is 17.1 Å². The Morgan fingerprint density at radius 2 is 2.32 bits per heavy atom. The van der Waals surface area contributed by atoms with Crippen LogP contribution in [0.4, 0.5) is 4.39 Å². The number of hydrogen-bond acceptors (Lipinski definition) is 3. The van der Waals surface area contributed by atoms with E-state index < -0.39 is 0 Å². The van der Waals surface area contributed by atoms with Crippen molar-refractivity contribution in [3.8, 4) is 0 Å². The fraction of sp³-hybridized carbons (Fsp3) is 0.500. The molecule has 2 rings (SSSR count). The van der Waals surface area contributed by atoms with Crippen molar-refractivity contribution in [3.05, 3.63) is 35.1 Å². The predicted molar refractivity (Wildman–Crippen MR) is 72.5 cm³/mol. The second-order valence-corrected chi connectivity index (χ2v) is 5.29. The van der Waals surface area contributed by atoms with Crippen LogP contribution in [-0.2, 0) is 6.54 Å². The van der Waals surface area contributed by atoms with Crippen molar-refractivity contribution in [2.24, 2.45) is 11.7 Å². The van der Waals surface area contributed by atoms with Crippen LogP contribution in [0.3, 0.4) is 0 Å². The zero-order valence-corrected chi connectivity index (χ0v) is 11.1. The van der Waals surface area contributed by atoms with Gasteiger partial charge in [0.2, 0.25) is 0 Å². The smallest absolute Gasteiger partial charge is 0.124 e. The number of likely N-dealkylation sites (tertiary alicyclic amines) is 1. The maximum Gasteiger partial charge on any atom is 0.124 e. The maximum absolute atomic E-state index is 13.5. The van der Waals surface area contributed by atoms with Crippen molar-refractivity contribution in [3.63, 3.8) is 0 Å². The number of rotatable bonds is 4. The zero-order chi connectivity index (χ0) is 14.0. The second-order valence-electron chi connectivity index (χ2n) is 5.29. The van der Waals surface area contributed by atoms with Gasteiger partial charge in [-0.25, -0.2) is 4.39 Å². The standard InChI is InChI=1S/C14H20FN3O/c1-9(19)11-2-3-18(8-11)7-10-4-12(14(16)17)6-13(15)5-10/h4-6,9,11,19H,2-3,7-8H2,1H3,(H3,16,17). The number of nitrogens with two attached hydrogens (primary N) is 1. The molecule has 0 aromatic heterocycles. The number of hydrogen-bond donors (Lipinski definition) is 3. The van der Waals surface area contributed by atoms with Crippen LogP contribution >= 0.6 is 0 Å². The van der Waals surface area contributed by atoms with E-state index in [0.29, 0.717) is 18.0 Å². The van der Waals surface area contributed by atoms with E-state index in [1.165, 1.54) is 12.1 Å². The summed E-state index contributed by atoms with van der Waals surface area (Å²) in [7, 11) is 0. The molecule has 19 heavy (non-hydrogen) atoms. The van der Waals surface area contributed by atoms with E-state index in [2.05, 4.69) is 4.90 Å². The second kappa shape index (κ2) is 5.67. The fourth-order valence-electron chi connectivity index (χ4n) is 2.56. The van der Waals surface area contributed by atoms with E-state index >= 15 is 0 Å². The number of aliphatic hydroxyl groups is 1. The lowest BCUT2D eigenvalue weighted by Gasteiger charge is -2.17. The third-order valence-corrected chi connectivity index (χ3v) is 3.67. The summed E-state index contributed by atoms with van der Waals surface area (Å²) >= 11 is 0. The molecule has 1 heterocycles. The van der Waals surface area contributed by atoms with Gasteiger partial charge in [0, 0.05) is 18.7 Å². The molecular formula is C14H20FN3O. The van der Waals surface area contributed by atoms with Crippen LogP contribution in [0.5, 0.6) is 0 Å². The van der Waals surface area contributed by atoms with E-state index in [4.69, 9.17) is 11.1 Å². The van der Waals surface area contributed by atoms with Gasteiger partial charge in [-0.3, -0.25) is 10.3 Å². The first-order valence-electron chi connectivity index (χ1n) is 6.50. The normalized spacial score (nSPS) is 21.5. The third kappa shape index (κ3) is 3.52. The predicted octanol–water partition coefficient (Wildman–Crippen LogP) is 1.31. The van der Waals surface area contributed by atoms with Gasteiger partial charge in [0.05, 0.1) is 6.10 Å². The van der Waals surface area contributed by atoms with Crippen LogP contribution in [0.15, 0.2) is 18.2 Å². The largest absolute Gasteiger partial charge is 0.393 e. The summed E-state index contributed by atoms with van der Waals surface area (Å²) in [6.07, 6.45) is 0.664. The maximum atomic E-state index is 13.5. The SMILES string of the molecule is CC(O)C1CCN(Cc2cc(F)cc(C(=N)N)c2)C1. The molecule has 1 aromatic carbocycles. The molecular weight excluding hydrogens is 245 g/mol. The molecule has 0 amide bonds. The highest BCUT2D eigenvalue weighted by Crippen LogP contribution is 2.22. The number of amidine groups is 1. The van der Waals surface area contributed by atoms with Crippen molar-refractivity contribution in [1.82, 2.24) is 4.90 Å². The quantitative estimate of drug-likeness (QED) is 0.567. The van der Waals surface area contributed by atoms with Gasteiger partial charge in [-0.1, -0.05) is 0 Å². The Morgan fingerprint density at radius 1 is 1.58 bits per heavy atom. The van der Waals surface area contributed by atoms with Gasteiger partial charge in [-0.15, -0.1) is 0 Å². The molecule has 1 aromatic rings. The molecule has 1 aliphatic rings. The van der Waals surface area contributed by atoms with E-state index in [1.807, 2.05) is 6.92 Å². The highest BCUT2D eigenvalue weighted by Gasteiger charge is 2.25. The van der Waals surface area contributed by atoms with Crippen molar-refractivity contribution < 1.29 is 9.50 Å². The molecule has 104 valence electrons. The van der Waals surface area contributed by atoms with E-state index in [0.717, 1.165) is 25.1 Å². The van der Waals surface area contributed by atoms with Crippen molar-refractivity contribution >= 4 is 5.84 Å². The fourth-order valence-corrected chi connectivity index (χ4v) is 2.56. The van der Waals surface area contributed by atoms with Gasteiger partial charge < -0.3 is 10.8 Å². The first kappa shape index (κ1) is 14.0. The van der Waals surface area contributed by atoms with Crippen LogP contribution in [-0.4, -0.2) is 35.0 Å². The Labute approximate surface area is 112 Å². The van der Waals surface area contributed by atoms with Crippen LogP contribution in [0.1, 0.15) is 24.5 Å². The molecule has 5 heteroatoms. The first-order valence-corrected chi connectivity index (χ1v) is 6.50. The van der Waals surface area contributed by atoms with Gasteiger partial charge in [-0.2, -0.15) is 0 Å². The third-order valence-electron chi connectivity index (χ3n) is 3.67. The number of halogens is 1. The van der Waals surface area contributed by atoms with Crippen molar-refractivity contribution in [2.75, 3.05) is 13.1 Å². The van der Waals surface area contributed by atoms with E-state index in [1.54, 1.807) is 6.07 Å². The average molecular weight is 265 g/mol. The van der Waals surface area contributed by atoms with Crippen LogP contribution < -0.4 is 5.73 Å². The molecule has 1 aliphatic heterocycles. The molecule has 0 spiro atoms. The molecule has 2 unspecified atom stereocenters. The Kier molecular flexibility index (Phi) is 4.17. The molecule has 4 N–H and O–H groups in total. The monoisotopic (exact) mass is 265 g/mol. The number of nitrogens with one attached hydrogen (secondary N) is 1. The number of benzene rings is 1. The summed E-state index contributed by atoms with van der Waals surface area (Å²) < 4.78 is 13.5. The summed E-state index contributed by atoms with van der Waals surface area (Å²) in [6, 6.07) is 4.50. The highest BCUT2D eigenvalue weighted by molar-refractivity contribution is 5.95. The molecule has 0 radical (unpaired) electrons. The van der Waals surface area contributed by atoms with Gasteiger partial charge in [0.1, 0.15) is 11.7 Å². The molecule has 2 atom stereocenters. The summed E-state index contributed by atoms with van der Waals surface area (Å²) in [5.74, 6) is -0.196. The Morgan fingerprint density at radius 3 is 2.89 bits per heavy atom. The number of nitrogens with zero attached hydrogens (tertiary/aromatic N) is 1.